The average molecular weight is 649 g/mol. The molecule has 3 radical (unpaired) electrons. The molecule has 0 fully saturated rings. The molecule has 5 heteroatoms. The van der Waals surface area contributed by atoms with Gasteiger partial charge in [-0.3, -0.25) is 0 Å². The minimum atomic E-state index is -0.446. The van der Waals surface area contributed by atoms with E-state index in [4.69, 9.17) is 19.1 Å². The van der Waals surface area contributed by atoms with E-state index < -0.39 is 7.92 Å². The Morgan fingerprint density at radius 1 is 0.522 bits per heavy atom. The van der Waals surface area contributed by atoms with Gasteiger partial charge in [0.05, 0.1) is 0 Å². The van der Waals surface area contributed by atoms with Crippen LogP contribution in [0.15, 0.2) is 91.0 Å². The zero-order valence-corrected chi connectivity index (χ0v) is 19.6. The second-order valence-corrected chi connectivity index (χ2v) is 8.97. The molecule has 23 heavy (non-hydrogen) atoms. The van der Waals surface area contributed by atoms with E-state index in [2.05, 4.69) is 91.0 Å². The zero-order valence-electron chi connectivity index (χ0n) is 12.1. The summed E-state index contributed by atoms with van der Waals surface area (Å²) in [5.74, 6) is 0. The summed E-state index contributed by atoms with van der Waals surface area (Å²) >= 11 is -0.106. The predicted octanol–water partition coefficient (Wildman–Crippen LogP) is 4.44. The average Bonchev–Trinajstić information content (AvgIpc) is 2.59. The summed E-state index contributed by atoms with van der Waals surface area (Å²) in [6.07, 6.45) is 0. The quantitative estimate of drug-likeness (QED) is 0.291. The van der Waals surface area contributed by atoms with Crippen LogP contribution in [0.1, 0.15) is 0 Å². The molecule has 0 atom stereocenters. The van der Waals surface area contributed by atoms with Gasteiger partial charge in [-0.2, -0.15) is 0 Å². The van der Waals surface area contributed by atoms with Crippen LogP contribution in [0.25, 0.3) is 0 Å². The Balaban J connectivity index is 0.000000615. The molecule has 0 aliphatic heterocycles. The molecule has 0 spiro atoms. The van der Waals surface area contributed by atoms with Crippen LogP contribution in [-0.4, -0.2) is 26.2 Å². The summed E-state index contributed by atoms with van der Waals surface area (Å²) in [5, 5.41) is 4.19. The first kappa shape index (κ1) is 21.3. The number of rotatable bonds is 3. The maximum absolute atomic E-state index is 4.81. The van der Waals surface area contributed by atoms with E-state index in [-0.39, 0.29) is 42.1 Å². The summed E-state index contributed by atoms with van der Waals surface area (Å²) < 4.78 is 0. The summed E-state index contributed by atoms with van der Waals surface area (Å²) in [4.78, 5) is 0. The molecule has 0 saturated carbocycles. The van der Waals surface area contributed by atoms with Crippen LogP contribution in [0.2, 0.25) is 0 Å². The second kappa shape index (κ2) is 12.6. The molecule has 0 unspecified atom stereocenters. The molecular formula is C18H15BiCl2PPd. The SMILES string of the molecule is [Bi].[Cl][Pd][Cl].c1ccc(P(c2ccccc2)c2ccccc2)cc1. The molecule has 0 amide bonds. The normalized spacial score (nSPS) is 9.70. The van der Waals surface area contributed by atoms with Gasteiger partial charge in [0.2, 0.25) is 0 Å². The van der Waals surface area contributed by atoms with Crippen molar-refractivity contribution in [2.24, 2.45) is 0 Å². The van der Waals surface area contributed by atoms with Crippen molar-refractivity contribution in [1.29, 1.82) is 0 Å². The largest absolute Gasteiger partial charge is 0.0622 e. The monoisotopic (exact) mass is 647 g/mol. The van der Waals surface area contributed by atoms with E-state index in [0.717, 1.165) is 0 Å². The predicted molar refractivity (Wildman–Crippen MR) is 103 cm³/mol. The molecule has 0 nitrogen and oxygen atoms in total. The minimum Gasteiger partial charge on any atom is -0.0622 e. The third kappa shape index (κ3) is 6.92. The van der Waals surface area contributed by atoms with Gasteiger partial charge in [0.25, 0.3) is 0 Å². The van der Waals surface area contributed by atoms with Crippen LogP contribution in [-0.2, 0) is 15.9 Å². The fourth-order valence-electron chi connectivity index (χ4n) is 2.18. The standard InChI is InChI=1S/C18H15P.Bi.2ClH.Pd/c1-4-10-16(11-5-1)19(17-12-6-2-7-13-17)18-14-8-3-9-15-18;;;;/h1-15H;;2*1H;/q;;;;+2/p-2. The fraction of sp³-hybridized carbons (Fsp3) is 0. The zero-order chi connectivity index (χ0) is 15.6. The summed E-state index contributed by atoms with van der Waals surface area (Å²) in [6.45, 7) is 0. The van der Waals surface area contributed by atoms with E-state index in [1.54, 1.807) is 0 Å². The summed E-state index contributed by atoms with van der Waals surface area (Å²) in [6, 6.07) is 32.3. The van der Waals surface area contributed by atoms with Crippen molar-refractivity contribution in [3.63, 3.8) is 0 Å². The molecule has 0 aliphatic rings. The number of hydrogen-bond donors (Lipinski definition) is 0. The van der Waals surface area contributed by atoms with E-state index in [9.17, 15) is 0 Å². The van der Waals surface area contributed by atoms with Crippen LogP contribution < -0.4 is 15.9 Å². The van der Waals surface area contributed by atoms with E-state index >= 15 is 0 Å². The Bertz CT molecular complexity index is 560. The van der Waals surface area contributed by atoms with Gasteiger partial charge >= 0.3 is 35.0 Å². The molecule has 0 aromatic heterocycles. The third-order valence-electron chi connectivity index (χ3n) is 3.04. The molecule has 3 aromatic rings. The maximum atomic E-state index is 4.81. The molecule has 121 valence electrons. The first-order chi connectivity index (χ1) is 10.9. The molecule has 0 saturated heterocycles. The van der Waals surface area contributed by atoms with Gasteiger partial charge in [0.15, 0.2) is 0 Å². The van der Waals surface area contributed by atoms with Crippen LogP contribution in [0.4, 0.5) is 0 Å². The van der Waals surface area contributed by atoms with Crippen molar-refractivity contribution >= 4 is 69.1 Å². The first-order valence-corrected chi connectivity index (χ1v) is 12.0. The van der Waals surface area contributed by atoms with Crippen LogP contribution in [0.5, 0.6) is 0 Å². The van der Waals surface area contributed by atoms with E-state index in [1.807, 2.05) is 0 Å². The Labute approximate surface area is 174 Å². The van der Waals surface area contributed by atoms with Gasteiger partial charge in [0, 0.05) is 26.2 Å². The first-order valence-electron chi connectivity index (χ1n) is 6.64. The van der Waals surface area contributed by atoms with Crippen molar-refractivity contribution < 1.29 is 15.9 Å². The smallest absolute Gasteiger partial charge is 0.0134 e. The molecular weight excluding hydrogens is 633 g/mol. The molecule has 3 aromatic carbocycles. The van der Waals surface area contributed by atoms with Crippen LogP contribution in [0, 0.1) is 0 Å². The van der Waals surface area contributed by atoms with Crippen molar-refractivity contribution in [2.45, 2.75) is 0 Å². The Hall–Kier alpha value is 0.215. The molecule has 3 rings (SSSR count). The van der Waals surface area contributed by atoms with Gasteiger partial charge in [-0.15, -0.1) is 0 Å². The van der Waals surface area contributed by atoms with Crippen LogP contribution in [0.3, 0.4) is 0 Å². The van der Waals surface area contributed by atoms with Crippen molar-refractivity contribution in [1.82, 2.24) is 0 Å². The summed E-state index contributed by atoms with van der Waals surface area (Å²) in [5.41, 5.74) is 0. The molecule has 0 heterocycles. The number of benzene rings is 3. The topological polar surface area (TPSA) is 0 Å². The second-order valence-electron chi connectivity index (χ2n) is 4.39. The fourth-order valence-corrected chi connectivity index (χ4v) is 4.48. The number of halogens is 2. The molecule has 0 bridgehead atoms. The molecule has 0 N–H and O–H groups in total. The van der Waals surface area contributed by atoms with Crippen molar-refractivity contribution in [3.8, 4) is 0 Å². The van der Waals surface area contributed by atoms with Gasteiger partial charge in [-0.1, -0.05) is 91.0 Å². The number of hydrogen-bond acceptors (Lipinski definition) is 0. The van der Waals surface area contributed by atoms with Gasteiger partial charge in [0.1, 0.15) is 0 Å². The maximum Gasteiger partial charge on any atom is -0.0134 e. The molecule has 0 aliphatic carbocycles. The van der Waals surface area contributed by atoms with E-state index in [1.165, 1.54) is 15.9 Å². The Kier molecular flexibility index (Phi) is 11.6. The van der Waals surface area contributed by atoms with Gasteiger partial charge in [-0.25, -0.2) is 0 Å². The van der Waals surface area contributed by atoms with Gasteiger partial charge < -0.3 is 0 Å². The summed E-state index contributed by atoms with van der Waals surface area (Å²) in [7, 11) is 9.18. The van der Waals surface area contributed by atoms with E-state index in [0.29, 0.717) is 0 Å². The third-order valence-corrected chi connectivity index (χ3v) is 5.49. The van der Waals surface area contributed by atoms with Crippen LogP contribution >= 0.6 is 27.0 Å². The van der Waals surface area contributed by atoms with Crippen molar-refractivity contribution in [2.75, 3.05) is 0 Å². The minimum absolute atomic E-state index is 0. The van der Waals surface area contributed by atoms with Crippen molar-refractivity contribution in [3.05, 3.63) is 91.0 Å². The Morgan fingerprint density at radius 3 is 0.957 bits per heavy atom. The van der Waals surface area contributed by atoms with Gasteiger partial charge in [-0.05, 0) is 23.8 Å². The Morgan fingerprint density at radius 2 is 0.739 bits per heavy atom.